The average molecular weight is 290 g/mol. The van der Waals surface area contributed by atoms with Crippen molar-refractivity contribution in [3.63, 3.8) is 0 Å². The molecule has 3 nitrogen and oxygen atoms in total. The maximum absolute atomic E-state index is 11.5. The van der Waals surface area contributed by atoms with Crippen LogP contribution in [0.1, 0.15) is 10.4 Å². The van der Waals surface area contributed by atoms with Crippen LogP contribution >= 0.6 is 23.4 Å². The van der Waals surface area contributed by atoms with E-state index in [2.05, 4.69) is 5.32 Å². The fraction of sp³-hybridized carbons (Fsp3) is 0. The summed E-state index contributed by atoms with van der Waals surface area (Å²) in [5.74, 6) is -1.14. The minimum atomic E-state index is -0.604. The molecule has 0 aromatic heterocycles. The Morgan fingerprint density at radius 2 is 1.79 bits per heavy atom. The third-order valence-electron chi connectivity index (χ3n) is 2.74. The van der Waals surface area contributed by atoms with Gasteiger partial charge in [0.05, 0.1) is 16.3 Å². The lowest BCUT2D eigenvalue weighted by Gasteiger charge is -2.06. The predicted octanol–water partition coefficient (Wildman–Crippen LogP) is 3.63. The van der Waals surface area contributed by atoms with Crippen LogP contribution in [0.25, 0.3) is 0 Å². The fourth-order valence-electron chi connectivity index (χ4n) is 1.84. The Morgan fingerprint density at radius 3 is 2.53 bits per heavy atom. The lowest BCUT2D eigenvalue weighted by atomic mass is 10.1. The van der Waals surface area contributed by atoms with Crippen LogP contribution in [-0.2, 0) is 4.79 Å². The van der Waals surface area contributed by atoms with Crippen molar-refractivity contribution in [2.75, 3.05) is 5.32 Å². The molecule has 0 spiro atoms. The van der Waals surface area contributed by atoms with Crippen LogP contribution in [0.2, 0.25) is 5.02 Å². The molecule has 3 rings (SSSR count). The average Bonchev–Trinajstić information content (AvgIpc) is 2.67. The van der Waals surface area contributed by atoms with Gasteiger partial charge < -0.3 is 5.32 Å². The summed E-state index contributed by atoms with van der Waals surface area (Å²) < 4.78 is 0. The third kappa shape index (κ3) is 2.25. The highest BCUT2D eigenvalue weighted by molar-refractivity contribution is 7.99. The van der Waals surface area contributed by atoms with E-state index in [1.165, 1.54) is 11.8 Å². The number of Topliss-reactive ketones (excluding diaryl/α,β-unsaturated/α-hetero) is 1. The molecule has 1 heterocycles. The second kappa shape index (κ2) is 4.72. The van der Waals surface area contributed by atoms with E-state index in [0.29, 0.717) is 16.3 Å². The normalized spacial score (nSPS) is 13.3. The number of anilines is 1. The topological polar surface area (TPSA) is 46.2 Å². The minimum Gasteiger partial charge on any atom is -0.318 e. The van der Waals surface area contributed by atoms with Crippen molar-refractivity contribution in [1.29, 1.82) is 0 Å². The molecule has 0 saturated heterocycles. The highest BCUT2D eigenvalue weighted by atomic mass is 35.5. The predicted molar refractivity (Wildman–Crippen MR) is 75.0 cm³/mol. The summed E-state index contributed by atoms with van der Waals surface area (Å²) in [4.78, 5) is 24.7. The molecule has 0 bridgehead atoms. The van der Waals surface area contributed by atoms with Crippen LogP contribution in [0.5, 0.6) is 0 Å². The summed E-state index contributed by atoms with van der Waals surface area (Å²) >= 11 is 7.65. The Hall–Kier alpha value is -1.78. The Kier molecular flexibility index (Phi) is 3.05. The van der Waals surface area contributed by atoms with E-state index < -0.39 is 11.7 Å². The van der Waals surface area contributed by atoms with E-state index in [1.54, 1.807) is 12.1 Å². The van der Waals surface area contributed by atoms with Crippen molar-refractivity contribution in [2.45, 2.75) is 9.79 Å². The van der Waals surface area contributed by atoms with Crippen LogP contribution in [0, 0.1) is 0 Å². The highest BCUT2D eigenvalue weighted by Crippen LogP contribution is 2.38. The Balaban J connectivity index is 1.99. The molecule has 0 radical (unpaired) electrons. The first-order valence-electron chi connectivity index (χ1n) is 5.57. The number of benzene rings is 2. The lowest BCUT2D eigenvalue weighted by molar-refractivity contribution is -0.112. The van der Waals surface area contributed by atoms with Crippen LogP contribution < -0.4 is 5.32 Å². The molecule has 0 atom stereocenters. The van der Waals surface area contributed by atoms with E-state index in [4.69, 9.17) is 11.6 Å². The molecular formula is C14H8ClNO2S. The molecule has 19 heavy (non-hydrogen) atoms. The smallest absolute Gasteiger partial charge is 0.296 e. The monoisotopic (exact) mass is 289 g/mol. The van der Waals surface area contributed by atoms with E-state index >= 15 is 0 Å². The molecule has 1 N–H and O–H groups in total. The quantitative estimate of drug-likeness (QED) is 0.859. The number of ketones is 1. The van der Waals surface area contributed by atoms with Crippen molar-refractivity contribution < 1.29 is 9.59 Å². The van der Waals surface area contributed by atoms with Gasteiger partial charge in [-0.25, -0.2) is 0 Å². The van der Waals surface area contributed by atoms with Gasteiger partial charge in [0.25, 0.3) is 11.7 Å². The van der Waals surface area contributed by atoms with Gasteiger partial charge in [-0.05, 0) is 24.3 Å². The molecular weight excluding hydrogens is 282 g/mol. The lowest BCUT2D eigenvalue weighted by Crippen LogP contribution is -2.12. The number of nitrogens with one attached hydrogen (secondary N) is 1. The maximum Gasteiger partial charge on any atom is 0.296 e. The van der Waals surface area contributed by atoms with Crippen LogP contribution in [0.15, 0.2) is 52.3 Å². The van der Waals surface area contributed by atoms with Gasteiger partial charge >= 0.3 is 0 Å². The molecule has 94 valence electrons. The number of carbonyl (C=O) groups is 2. The summed E-state index contributed by atoms with van der Waals surface area (Å²) in [7, 11) is 0. The molecule has 2 aromatic rings. The molecule has 0 aliphatic carbocycles. The highest BCUT2D eigenvalue weighted by Gasteiger charge is 2.29. The van der Waals surface area contributed by atoms with Gasteiger partial charge in [-0.15, -0.1) is 0 Å². The third-order valence-corrected chi connectivity index (χ3v) is 4.23. The Labute approximate surface area is 119 Å². The van der Waals surface area contributed by atoms with E-state index in [1.807, 2.05) is 30.3 Å². The molecule has 0 saturated carbocycles. The molecule has 0 unspecified atom stereocenters. The SMILES string of the molecule is O=C1Nc2cc(Sc3ccccc3)c(Cl)cc2C1=O. The van der Waals surface area contributed by atoms with E-state index in [9.17, 15) is 9.59 Å². The molecule has 2 aromatic carbocycles. The van der Waals surface area contributed by atoms with Gasteiger partial charge in [0.1, 0.15) is 0 Å². The van der Waals surface area contributed by atoms with Gasteiger partial charge in [0, 0.05) is 9.79 Å². The molecule has 1 amide bonds. The number of amides is 1. The second-order valence-corrected chi connectivity index (χ2v) is 5.55. The molecule has 1 aliphatic rings. The number of rotatable bonds is 2. The van der Waals surface area contributed by atoms with Gasteiger partial charge in [0.2, 0.25) is 0 Å². The summed E-state index contributed by atoms with van der Waals surface area (Å²) in [5, 5.41) is 3.01. The van der Waals surface area contributed by atoms with Gasteiger partial charge in [0.15, 0.2) is 0 Å². The summed E-state index contributed by atoms with van der Waals surface area (Å²) in [6.07, 6.45) is 0. The van der Waals surface area contributed by atoms with Crippen LogP contribution in [0.3, 0.4) is 0 Å². The number of carbonyl (C=O) groups excluding carboxylic acids is 2. The van der Waals surface area contributed by atoms with Gasteiger partial charge in [-0.1, -0.05) is 41.6 Å². The zero-order valence-corrected chi connectivity index (χ0v) is 11.2. The first-order valence-corrected chi connectivity index (χ1v) is 6.77. The van der Waals surface area contributed by atoms with Crippen molar-refractivity contribution in [3.05, 3.63) is 53.1 Å². The summed E-state index contributed by atoms with van der Waals surface area (Å²) in [6.45, 7) is 0. The maximum atomic E-state index is 11.5. The van der Waals surface area contributed by atoms with Crippen molar-refractivity contribution in [3.8, 4) is 0 Å². The number of fused-ring (bicyclic) bond motifs is 1. The zero-order chi connectivity index (χ0) is 13.4. The Morgan fingerprint density at radius 1 is 1.05 bits per heavy atom. The zero-order valence-electron chi connectivity index (χ0n) is 9.64. The second-order valence-electron chi connectivity index (χ2n) is 4.03. The van der Waals surface area contributed by atoms with Crippen molar-refractivity contribution in [2.24, 2.45) is 0 Å². The minimum absolute atomic E-state index is 0.340. The summed E-state index contributed by atoms with van der Waals surface area (Å²) in [6, 6.07) is 13.0. The first-order chi connectivity index (χ1) is 9.15. The molecule has 1 aliphatic heterocycles. The number of halogens is 1. The van der Waals surface area contributed by atoms with Crippen LogP contribution in [-0.4, -0.2) is 11.7 Å². The van der Waals surface area contributed by atoms with Crippen molar-refractivity contribution >= 4 is 40.7 Å². The Bertz CT molecular complexity index is 685. The number of hydrogen-bond acceptors (Lipinski definition) is 3. The molecule has 5 heteroatoms. The van der Waals surface area contributed by atoms with E-state index in [0.717, 1.165) is 9.79 Å². The summed E-state index contributed by atoms with van der Waals surface area (Å²) in [5.41, 5.74) is 0.866. The molecule has 0 fully saturated rings. The van der Waals surface area contributed by atoms with Crippen molar-refractivity contribution in [1.82, 2.24) is 0 Å². The standard InChI is InChI=1S/C14H8ClNO2S/c15-10-6-9-11(16-14(18)13(9)17)7-12(10)19-8-4-2-1-3-5-8/h1-7H,(H,16,17,18). The van der Waals surface area contributed by atoms with Crippen LogP contribution in [0.4, 0.5) is 5.69 Å². The van der Waals surface area contributed by atoms with Gasteiger partial charge in [-0.2, -0.15) is 0 Å². The largest absolute Gasteiger partial charge is 0.318 e. The first kappa shape index (κ1) is 12.3. The van der Waals surface area contributed by atoms with E-state index in [-0.39, 0.29) is 0 Å². The fourth-order valence-corrected chi connectivity index (χ4v) is 3.00. The van der Waals surface area contributed by atoms with Gasteiger partial charge in [-0.3, -0.25) is 9.59 Å². The number of hydrogen-bond donors (Lipinski definition) is 1.